The maximum atomic E-state index is 11.2. The van der Waals surface area contributed by atoms with Crippen molar-refractivity contribution in [2.24, 2.45) is 5.92 Å². The molecular weight excluding hydrogens is 198 g/mol. The smallest absolute Gasteiger partial charge is 0.159 e. The summed E-state index contributed by atoms with van der Waals surface area (Å²) in [7, 11) is 0. The van der Waals surface area contributed by atoms with Gasteiger partial charge in [0.1, 0.15) is 0 Å². The van der Waals surface area contributed by atoms with Crippen LogP contribution < -0.4 is 4.90 Å². The number of ketones is 1. The standard InChI is InChI=1S/C14H19NO/c1-3-15(10-12-4-5-12)14-8-6-13(7-9-14)11(2)16/h6-9,12H,3-5,10H2,1-2H3. The molecule has 0 bridgehead atoms. The monoisotopic (exact) mass is 217 g/mol. The Kier molecular flexibility index (Phi) is 3.28. The first-order chi connectivity index (χ1) is 7.70. The minimum absolute atomic E-state index is 0.136. The Balaban J connectivity index is 2.08. The van der Waals surface area contributed by atoms with Crippen LogP contribution in [0.4, 0.5) is 5.69 Å². The number of nitrogens with zero attached hydrogens (tertiary/aromatic N) is 1. The number of carbonyl (C=O) groups excluding carboxylic acids is 1. The largest absolute Gasteiger partial charge is 0.372 e. The summed E-state index contributed by atoms with van der Waals surface area (Å²) in [4.78, 5) is 13.6. The topological polar surface area (TPSA) is 20.3 Å². The van der Waals surface area contributed by atoms with Gasteiger partial charge in [-0.25, -0.2) is 0 Å². The van der Waals surface area contributed by atoms with Crippen molar-refractivity contribution in [2.75, 3.05) is 18.0 Å². The average molecular weight is 217 g/mol. The van der Waals surface area contributed by atoms with E-state index in [1.165, 1.54) is 18.5 Å². The van der Waals surface area contributed by atoms with Crippen LogP contribution in [-0.2, 0) is 0 Å². The molecule has 0 aliphatic heterocycles. The van der Waals surface area contributed by atoms with Crippen molar-refractivity contribution in [1.82, 2.24) is 0 Å². The lowest BCUT2D eigenvalue weighted by Gasteiger charge is -2.23. The van der Waals surface area contributed by atoms with Crippen LogP contribution in [0.1, 0.15) is 37.0 Å². The molecule has 1 aromatic rings. The highest BCUT2D eigenvalue weighted by Crippen LogP contribution is 2.31. The summed E-state index contributed by atoms with van der Waals surface area (Å²) in [5, 5.41) is 0. The third-order valence-corrected chi connectivity index (χ3v) is 3.20. The Hall–Kier alpha value is -1.31. The van der Waals surface area contributed by atoms with Crippen molar-refractivity contribution < 1.29 is 4.79 Å². The lowest BCUT2D eigenvalue weighted by molar-refractivity contribution is 0.101. The lowest BCUT2D eigenvalue weighted by atomic mass is 10.1. The number of hydrogen-bond acceptors (Lipinski definition) is 2. The highest BCUT2D eigenvalue weighted by molar-refractivity contribution is 5.94. The van der Waals surface area contributed by atoms with Crippen molar-refractivity contribution in [3.63, 3.8) is 0 Å². The average Bonchev–Trinajstić information content (AvgIpc) is 3.10. The zero-order valence-corrected chi connectivity index (χ0v) is 10.1. The van der Waals surface area contributed by atoms with Crippen molar-refractivity contribution in [3.8, 4) is 0 Å². The third kappa shape index (κ3) is 2.63. The predicted octanol–water partition coefficient (Wildman–Crippen LogP) is 3.13. The molecule has 0 N–H and O–H groups in total. The fraction of sp³-hybridized carbons (Fsp3) is 0.500. The minimum atomic E-state index is 0.136. The number of Topliss-reactive ketones (excluding diaryl/α,β-unsaturated/α-hetero) is 1. The Labute approximate surface area is 97.3 Å². The van der Waals surface area contributed by atoms with Gasteiger partial charge in [-0.1, -0.05) is 0 Å². The first-order valence-corrected chi connectivity index (χ1v) is 6.06. The van der Waals surface area contributed by atoms with E-state index < -0.39 is 0 Å². The lowest BCUT2D eigenvalue weighted by Crippen LogP contribution is -2.25. The van der Waals surface area contributed by atoms with Crippen molar-refractivity contribution in [3.05, 3.63) is 29.8 Å². The van der Waals surface area contributed by atoms with Crippen LogP contribution >= 0.6 is 0 Å². The normalized spacial score (nSPS) is 14.9. The maximum absolute atomic E-state index is 11.2. The van der Waals surface area contributed by atoms with Crippen LogP contribution in [0.3, 0.4) is 0 Å². The fourth-order valence-electron chi connectivity index (χ4n) is 1.94. The van der Waals surface area contributed by atoms with Crippen LogP contribution in [0.2, 0.25) is 0 Å². The molecule has 0 aromatic heterocycles. The van der Waals surface area contributed by atoms with Gasteiger partial charge in [-0.15, -0.1) is 0 Å². The van der Waals surface area contributed by atoms with Gasteiger partial charge in [0.25, 0.3) is 0 Å². The van der Waals surface area contributed by atoms with Gasteiger partial charge in [0, 0.05) is 24.3 Å². The van der Waals surface area contributed by atoms with Crippen molar-refractivity contribution >= 4 is 11.5 Å². The summed E-state index contributed by atoms with van der Waals surface area (Å²) in [5.41, 5.74) is 2.03. The number of rotatable bonds is 5. The van der Waals surface area contributed by atoms with E-state index in [-0.39, 0.29) is 5.78 Å². The Morgan fingerprint density at radius 1 is 1.31 bits per heavy atom. The highest BCUT2D eigenvalue weighted by atomic mass is 16.1. The van der Waals surface area contributed by atoms with Gasteiger partial charge in [-0.3, -0.25) is 4.79 Å². The van der Waals surface area contributed by atoms with Gasteiger partial charge in [0.2, 0.25) is 0 Å². The maximum Gasteiger partial charge on any atom is 0.159 e. The van der Waals surface area contributed by atoms with Gasteiger partial charge in [-0.2, -0.15) is 0 Å². The number of anilines is 1. The molecule has 16 heavy (non-hydrogen) atoms. The van der Waals surface area contributed by atoms with E-state index in [1.807, 2.05) is 12.1 Å². The van der Waals surface area contributed by atoms with Gasteiger partial charge in [0.05, 0.1) is 0 Å². The Morgan fingerprint density at radius 2 is 1.94 bits per heavy atom. The summed E-state index contributed by atoms with van der Waals surface area (Å²) in [6.07, 6.45) is 2.75. The highest BCUT2D eigenvalue weighted by Gasteiger charge is 2.23. The molecule has 0 radical (unpaired) electrons. The van der Waals surface area contributed by atoms with E-state index in [4.69, 9.17) is 0 Å². The molecule has 0 unspecified atom stereocenters. The van der Waals surface area contributed by atoms with Gasteiger partial charge < -0.3 is 4.90 Å². The number of benzene rings is 1. The summed E-state index contributed by atoms with van der Waals surface area (Å²) in [6.45, 7) is 5.99. The molecule has 2 heteroatoms. The van der Waals surface area contributed by atoms with Crippen LogP contribution in [0.5, 0.6) is 0 Å². The summed E-state index contributed by atoms with van der Waals surface area (Å²) >= 11 is 0. The first-order valence-electron chi connectivity index (χ1n) is 6.06. The second-order valence-electron chi connectivity index (χ2n) is 4.59. The van der Waals surface area contributed by atoms with Crippen LogP contribution in [0, 0.1) is 5.92 Å². The Morgan fingerprint density at radius 3 is 2.38 bits per heavy atom. The van der Waals surface area contributed by atoms with E-state index >= 15 is 0 Å². The molecule has 1 fully saturated rings. The predicted molar refractivity (Wildman–Crippen MR) is 67.1 cm³/mol. The SMILES string of the molecule is CCN(CC1CC1)c1ccc(C(C)=O)cc1. The van der Waals surface area contributed by atoms with E-state index in [9.17, 15) is 4.79 Å². The summed E-state index contributed by atoms with van der Waals surface area (Å²) in [5.74, 6) is 1.03. The first kappa shape index (κ1) is 11.2. The summed E-state index contributed by atoms with van der Waals surface area (Å²) in [6, 6.07) is 7.96. The zero-order chi connectivity index (χ0) is 11.5. The van der Waals surface area contributed by atoms with Crippen molar-refractivity contribution in [2.45, 2.75) is 26.7 Å². The van der Waals surface area contributed by atoms with Gasteiger partial charge >= 0.3 is 0 Å². The summed E-state index contributed by atoms with van der Waals surface area (Å²) < 4.78 is 0. The fourth-order valence-corrected chi connectivity index (χ4v) is 1.94. The molecule has 1 aliphatic carbocycles. The van der Waals surface area contributed by atoms with Gasteiger partial charge in [-0.05, 0) is 56.9 Å². The molecule has 0 heterocycles. The molecule has 0 amide bonds. The molecule has 0 spiro atoms. The molecular formula is C14H19NO. The van der Waals surface area contributed by atoms with E-state index in [1.54, 1.807) is 6.92 Å². The molecule has 0 saturated heterocycles. The molecule has 1 aromatic carbocycles. The molecule has 2 nitrogen and oxygen atoms in total. The number of carbonyl (C=O) groups is 1. The second-order valence-corrected chi connectivity index (χ2v) is 4.59. The van der Waals surface area contributed by atoms with E-state index in [0.29, 0.717) is 0 Å². The van der Waals surface area contributed by atoms with Gasteiger partial charge in [0.15, 0.2) is 5.78 Å². The molecule has 0 atom stereocenters. The molecule has 1 saturated carbocycles. The molecule has 86 valence electrons. The van der Waals surface area contributed by atoms with Crippen LogP contribution in [-0.4, -0.2) is 18.9 Å². The zero-order valence-electron chi connectivity index (χ0n) is 10.1. The van der Waals surface area contributed by atoms with Crippen LogP contribution in [0.15, 0.2) is 24.3 Å². The van der Waals surface area contributed by atoms with E-state index in [2.05, 4.69) is 24.0 Å². The Bertz CT molecular complexity index is 365. The second kappa shape index (κ2) is 4.69. The van der Waals surface area contributed by atoms with E-state index in [0.717, 1.165) is 24.6 Å². The minimum Gasteiger partial charge on any atom is -0.372 e. The quantitative estimate of drug-likeness (QED) is 0.706. The van der Waals surface area contributed by atoms with Crippen molar-refractivity contribution in [1.29, 1.82) is 0 Å². The molecule has 1 aliphatic rings. The number of hydrogen-bond donors (Lipinski definition) is 0. The van der Waals surface area contributed by atoms with Crippen LogP contribution in [0.25, 0.3) is 0 Å². The molecule has 2 rings (SSSR count). The third-order valence-electron chi connectivity index (χ3n) is 3.20.